The quantitative estimate of drug-likeness (QED) is 0.719. The van der Waals surface area contributed by atoms with Crippen molar-refractivity contribution in [3.05, 3.63) is 40.7 Å². The number of anilines is 2. The van der Waals surface area contributed by atoms with Crippen molar-refractivity contribution in [1.82, 2.24) is 20.1 Å². The number of pyridine rings is 1. The summed E-state index contributed by atoms with van der Waals surface area (Å²) in [6, 6.07) is 4.06. The Bertz CT molecular complexity index is 1070. The van der Waals surface area contributed by atoms with Gasteiger partial charge in [0.1, 0.15) is 9.71 Å². The highest BCUT2D eigenvalue weighted by molar-refractivity contribution is 7.21. The highest BCUT2D eigenvalue weighted by atomic mass is 32.1. The van der Waals surface area contributed by atoms with Gasteiger partial charge in [-0.15, -0.1) is 16.4 Å². The highest BCUT2D eigenvalue weighted by Crippen LogP contribution is 2.43. The van der Waals surface area contributed by atoms with Gasteiger partial charge in [-0.1, -0.05) is 0 Å². The maximum Gasteiger partial charge on any atom is 0.266 e. The van der Waals surface area contributed by atoms with E-state index in [1.165, 1.54) is 11.3 Å². The summed E-state index contributed by atoms with van der Waals surface area (Å²) >= 11 is 1.35. The Hall–Kier alpha value is -2.74. The van der Waals surface area contributed by atoms with Crippen molar-refractivity contribution in [3.63, 3.8) is 0 Å². The van der Waals surface area contributed by atoms with Gasteiger partial charge in [0.05, 0.1) is 23.3 Å². The van der Waals surface area contributed by atoms with E-state index in [0.29, 0.717) is 10.6 Å². The van der Waals surface area contributed by atoms with Crippen LogP contribution in [0.3, 0.4) is 0 Å². The van der Waals surface area contributed by atoms with Gasteiger partial charge in [-0.2, -0.15) is 5.10 Å². The van der Waals surface area contributed by atoms with Crippen molar-refractivity contribution in [2.45, 2.75) is 20.3 Å². The van der Waals surface area contributed by atoms with Crippen LogP contribution < -0.4 is 10.6 Å². The first-order valence-electron chi connectivity index (χ1n) is 9.44. The summed E-state index contributed by atoms with van der Waals surface area (Å²) in [5, 5.41) is 9.27. The monoisotopic (exact) mass is 394 g/mol. The number of hydrogen-bond donors (Lipinski definition) is 1. The largest absolute Gasteiger partial charge is 0.397 e. The fourth-order valence-electron chi connectivity index (χ4n) is 4.40. The molecule has 1 spiro atoms. The third-order valence-electron chi connectivity index (χ3n) is 6.12. The molecule has 144 valence electrons. The molecule has 5 heterocycles. The van der Waals surface area contributed by atoms with E-state index in [1.54, 1.807) is 6.20 Å². The molecule has 0 unspecified atom stereocenters. The van der Waals surface area contributed by atoms with Gasteiger partial charge in [0.15, 0.2) is 0 Å². The number of nitrogen functional groups attached to an aromatic ring is 1. The maximum atomic E-state index is 13.1. The minimum absolute atomic E-state index is 0.0167. The molecule has 2 fully saturated rings. The summed E-state index contributed by atoms with van der Waals surface area (Å²) in [7, 11) is 0. The minimum Gasteiger partial charge on any atom is -0.397 e. The number of nitrogens with zero attached hydrogens (tertiary/aromatic N) is 5. The smallest absolute Gasteiger partial charge is 0.266 e. The lowest BCUT2D eigenvalue weighted by molar-refractivity contribution is 0.0172. The van der Waals surface area contributed by atoms with Gasteiger partial charge in [0.2, 0.25) is 0 Å². The van der Waals surface area contributed by atoms with Crippen LogP contribution in [0, 0.1) is 19.3 Å². The van der Waals surface area contributed by atoms with Crippen molar-refractivity contribution in [1.29, 1.82) is 0 Å². The van der Waals surface area contributed by atoms with E-state index in [1.807, 2.05) is 31.0 Å². The first-order chi connectivity index (χ1) is 13.5. The number of likely N-dealkylation sites (tertiary alicyclic amines) is 1. The number of fused-ring (bicyclic) bond motifs is 1. The fraction of sp³-hybridized carbons (Fsp3) is 0.400. The zero-order valence-electron chi connectivity index (χ0n) is 16.0. The summed E-state index contributed by atoms with van der Waals surface area (Å²) in [5.41, 5.74) is 10.1. The molecule has 1 amide bonds. The number of aryl methyl sites for hydroxylation is 2. The Kier molecular flexibility index (Phi) is 3.80. The lowest BCUT2D eigenvalue weighted by Gasteiger charge is -2.48. The molecule has 2 N–H and O–H groups in total. The summed E-state index contributed by atoms with van der Waals surface area (Å²) in [4.78, 5) is 22.9. The second kappa shape index (κ2) is 6.13. The van der Waals surface area contributed by atoms with Gasteiger partial charge >= 0.3 is 0 Å². The van der Waals surface area contributed by atoms with Crippen molar-refractivity contribution in [3.8, 4) is 0 Å². The molecule has 0 aromatic carbocycles. The number of amides is 1. The molecule has 0 bridgehead atoms. The van der Waals surface area contributed by atoms with Crippen LogP contribution in [0.1, 0.15) is 27.3 Å². The summed E-state index contributed by atoms with van der Waals surface area (Å²) in [6.07, 6.45) is 4.79. The molecule has 8 heteroatoms. The van der Waals surface area contributed by atoms with Gasteiger partial charge in [-0.3, -0.25) is 9.78 Å². The normalized spacial score (nSPS) is 18.1. The lowest BCUT2D eigenvalue weighted by Crippen LogP contribution is -2.59. The Balaban J connectivity index is 1.33. The van der Waals surface area contributed by atoms with E-state index in [0.717, 1.165) is 59.8 Å². The first-order valence-corrected chi connectivity index (χ1v) is 10.3. The summed E-state index contributed by atoms with van der Waals surface area (Å²) < 4.78 is 0. The number of carbonyl (C=O) groups is 1. The number of rotatable bonds is 2. The Morgan fingerprint density at radius 2 is 2.07 bits per heavy atom. The van der Waals surface area contributed by atoms with Crippen LogP contribution in [0.15, 0.2) is 24.5 Å². The molecule has 0 radical (unpaired) electrons. The average Bonchev–Trinajstić information content (AvgIpc) is 3.26. The molecule has 3 aromatic rings. The topological polar surface area (TPSA) is 88.2 Å². The van der Waals surface area contributed by atoms with E-state index in [2.05, 4.69) is 26.1 Å². The molecule has 0 atom stereocenters. The first kappa shape index (κ1) is 17.4. The van der Waals surface area contributed by atoms with Crippen molar-refractivity contribution in [2.75, 3.05) is 36.8 Å². The second-order valence-corrected chi connectivity index (χ2v) is 8.98. The van der Waals surface area contributed by atoms with Crippen molar-refractivity contribution < 1.29 is 4.79 Å². The van der Waals surface area contributed by atoms with Crippen molar-refractivity contribution in [2.24, 2.45) is 5.41 Å². The standard InChI is InChI=1S/C20H22N6OS/c1-12-13(2)23-24-18-15(12)16(21)17(28-18)19(27)26-10-20(11-26)5-7-25(9-20)14-4-3-6-22-8-14/h3-4,6,8H,5,7,9-11,21H2,1-2H3. The van der Waals surface area contributed by atoms with Crippen LogP contribution in [-0.2, 0) is 0 Å². The summed E-state index contributed by atoms with van der Waals surface area (Å²) in [6.45, 7) is 7.42. The minimum atomic E-state index is 0.0167. The van der Waals surface area contributed by atoms with Gasteiger partial charge in [-0.25, -0.2) is 0 Å². The Morgan fingerprint density at radius 3 is 2.82 bits per heavy atom. The molecular formula is C20H22N6OS. The molecule has 5 rings (SSSR count). The van der Waals surface area contributed by atoms with Crippen molar-refractivity contribution >= 4 is 38.8 Å². The van der Waals surface area contributed by atoms with Crippen LogP contribution in [0.5, 0.6) is 0 Å². The fourth-order valence-corrected chi connectivity index (χ4v) is 5.47. The lowest BCUT2D eigenvalue weighted by atomic mass is 9.79. The van der Waals surface area contributed by atoms with Gasteiger partial charge in [0.25, 0.3) is 5.91 Å². The molecular weight excluding hydrogens is 372 g/mol. The van der Waals surface area contributed by atoms with Crippen LogP contribution in [-0.4, -0.2) is 52.2 Å². The number of thiophene rings is 1. The zero-order chi connectivity index (χ0) is 19.5. The average molecular weight is 395 g/mol. The predicted octanol–water partition coefficient (Wildman–Crippen LogP) is 2.64. The van der Waals surface area contributed by atoms with E-state index >= 15 is 0 Å². The second-order valence-electron chi connectivity index (χ2n) is 7.98. The molecule has 0 aliphatic carbocycles. The third kappa shape index (κ3) is 2.55. The maximum absolute atomic E-state index is 13.1. The van der Waals surface area contributed by atoms with Gasteiger partial charge < -0.3 is 15.5 Å². The summed E-state index contributed by atoms with van der Waals surface area (Å²) in [5.74, 6) is 0.0167. The van der Waals surface area contributed by atoms with Crippen LogP contribution >= 0.6 is 11.3 Å². The van der Waals surface area contributed by atoms with Gasteiger partial charge in [0, 0.05) is 43.2 Å². The molecule has 0 saturated carbocycles. The molecule has 2 aliphatic rings. The number of carbonyl (C=O) groups excluding carboxylic acids is 1. The van der Waals surface area contributed by atoms with E-state index in [4.69, 9.17) is 5.73 Å². The molecule has 7 nitrogen and oxygen atoms in total. The molecule has 2 aliphatic heterocycles. The Morgan fingerprint density at radius 1 is 1.25 bits per heavy atom. The molecule has 3 aromatic heterocycles. The third-order valence-corrected chi connectivity index (χ3v) is 7.20. The highest BCUT2D eigenvalue weighted by Gasteiger charge is 2.50. The molecule has 2 saturated heterocycles. The zero-order valence-corrected chi connectivity index (χ0v) is 16.8. The van der Waals surface area contributed by atoms with Crippen LogP contribution in [0.4, 0.5) is 11.4 Å². The number of aromatic nitrogens is 3. The SMILES string of the molecule is Cc1nnc2sc(C(=O)N3CC4(CCN(c5cccnc5)C4)C3)c(N)c2c1C. The number of nitrogens with two attached hydrogens (primary N) is 1. The Labute approximate surface area is 167 Å². The van der Waals surface area contributed by atoms with Crippen LogP contribution in [0.25, 0.3) is 10.2 Å². The van der Waals surface area contributed by atoms with Gasteiger partial charge in [-0.05, 0) is 38.0 Å². The van der Waals surface area contributed by atoms with E-state index in [-0.39, 0.29) is 11.3 Å². The van der Waals surface area contributed by atoms with E-state index in [9.17, 15) is 4.79 Å². The van der Waals surface area contributed by atoms with E-state index < -0.39 is 0 Å². The molecule has 28 heavy (non-hydrogen) atoms. The van der Waals surface area contributed by atoms with Crippen LogP contribution in [0.2, 0.25) is 0 Å². The predicted molar refractivity (Wildman–Crippen MR) is 111 cm³/mol. The number of hydrogen-bond acceptors (Lipinski definition) is 7.